The molecule has 1 fully saturated rings. The van der Waals surface area contributed by atoms with E-state index >= 15 is 0 Å². The molecule has 5 heteroatoms. The van der Waals surface area contributed by atoms with Gasteiger partial charge in [0.25, 0.3) is 0 Å². The van der Waals surface area contributed by atoms with Crippen molar-refractivity contribution in [2.24, 2.45) is 5.92 Å². The number of Topliss-reactive ketones (excluding diaryl/α,β-unsaturated/α-hetero) is 1. The number of nitrogens with zero attached hydrogens (tertiary/aromatic N) is 2. The van der Waals surface area contributed by atoms with Crippen LogP contribution in [0.4, 0.5) is 0 Å². The maximum absolute atomic E-state index is 11.4. The summed E-state index contributed by atoms with van der Waals surface area (Å²) in [7, 11) is 0. The van der Waals surface area contributed by atoms with Crippen molar-refractivity contribution < 1.29 is 9.59 Å². The molecule has 5 nitrogen and oxygen atoms in total. The van der Waals surface area contributed by atoms with E-state index in [9.17, 15) is 9.59 Å². The zero-order valence-corrected chi connectivity index (χ0v) is 9.53. The third-order valence-electron chi connectivity index (χ3n) is 2.81. The predicted molar refractivity (Wildman–Crippen MR) is 58.5 cm³/mol. The van der Waals surface area contributed by atoms with Crippen LogP contribution in [-0.4, -0.2) is 42.8 Å². The Bertz CT molecular complexity index is 309. The Morgan fingerprint density at radius 3 is 2.94 bits per heavy atom. The lowest BCUT2D eigenvalue weighted by Gasteiger charge is -2.30. The minimum atomic E-state index is -0.147. The van der Waals surface area contributed by atoms with Gasteiger partial charge in [-0.15, -0.1) is 0 Å². The molecule has 16 heavy (non-hydrogen) atoms. The summed E-state index contributed by atoms with van der Waals surface area (Å²) in [4.78, 5) is 24.6. The van der Waals surface area contributed by atoms with E-state index < -0.39 is 0 Å². The second-order valence-corrected chi connectivity index (χ2v) is 4.12. The number of carbonyl (C=O) groups excluding carboxylic acids is 2. The normalized spacial score (nSPS) is 21.1. The molecule has 0 aromatic heterocycles. The van der Waals surface area contributed by atoms with Gasteiger partial charge >= 0.3 is 0 Å². The number of rotatable bonds is 4. The Labute approximate surface area is 95.4 Å². The predicted octanol–water partition coefficient (Wildman–Crippen LogP) is -0.0728. The molecule has 1 aliphatic rings. The van der Waals surface area contributed by atoms with E-state index in [1.165, 1.54) is 0 Å². The quantitative estimate of drug-likeness (QED) is 0.677. The fourth-order valence-electron chi connectivity index (χ4n) is 1.93. The number of hydrogen-bond donors (Lipinski definition) is 1. The van der Waals surface area contributed by atoms with Crippen molar-refractivity contribution >= 4 is 11.7 Å². The molecule has 1 N–H and O–H groups in total. The number of nitriles is 1. The number of carbonyl (C=O) groups is 2. The largest absolute Gasteiger partial charge is 0.342 e. The van der Waals surface area contributed by atoms with Crippen molar-refractivity contribution in [1.82, 2.24) is 10.2 Å². The summed E-state index contributed by atoms with van der Waals surface area (Å²) in [5.41, 5.74) is 0. The van der Waals surface area contributed by atoms with E-state index in [0.29, 0.717) is 6.54 Å². The van der Waals surface area contributed by atoms with E-state index in [0.717, 1.165) is 19.4 Å². The Kier molecular flexibility index (Phi) is 4.93. The van der Waals surface area contributed by atoms with E-state index in [1.807, 2.05) is 11.0 Å². The molecule has 0 aromatic carbocycles. The summed E-state index contributed by atoms with van der Waals surface area (Å²) in [5.74, 6) is 0.116. The zero-order valence-electron chi connectivity index (χ0n) is 9.53. The van der Waals surface area contributed by atoms with Crippen LogP contribution in [0.3, 0.4) is 0 Å². The van der Waals surface area contributed by atoms with Crippen molar-refractivity contribution in [2.75, 3.05) is 26.2 Å². The highest BCUT2D eigenvalue weighted by Gasteiger charge is 2.24. The Morgan fingerprint density at radius 1 is 1.56 bits per heavy atom. The Balaban J connectivity index is 2.34. The van der Waals surface area contributed by atoms with Crippen molar-refractivity contribution in [2.45, 2.75) is 19.8 Å². The topological polar surface area (TPSA) is 73.2 Å². The van der Waals surface area contributed by atoms with Gasteiger partial charge in [-0.2, -0.15) is 5.26 Å². The van der Waals surface area contributed by atoms with Crippen LogP contribution in [0.25, 0.3) is 0 Å². The van der Waals surface area contributed by atoms with E-state index in [4.69, 9.17) is 5.26 Å². The van der Waals surface area contributed by atoms with Crippen LogP contribution in [0.1, 0.15) is 19.8 Å². The summed E-state index contributed by atoms with van der Waals surface area (Å²) in [5, 5.41) is 10.8. The van der Waals surface area contributed by atoms with Crippen LogP contribution in [0.2, 0.25) is 0 Å². The van der Waals surface area contributed by atoms with Crippen LogP contribution in [-0.2, 0) is 9.59 Å². The minimum Gasteiger partial charge on any atom is -0.342 e. The fourth-order valence-corrected chi connectivity index (χ4v) is 1.93. The highest BCUT2D eigenvalue weighted by atomic mass is 16.2. The molecule has 0 aromatic rings. The van der Waals surface area contributed by atoms with Gasteiger partial charge in [0.1, 0.15) is 12.3 Å². The molecule has 1 unspecified atom stereocenters. The molecule has 1 amide bonds. The second kappa shape index (κ2) is 6.23. The van der Waals surface area contributed by atoms with Gasteiger partial charge in [0, 0.05) is 12.5 Å². The second-order valence-electron chi connectivity index (χ2n) is 4.12. The number of nitrogens with one attached hydrogen (secondary N) is 1. The maximum atomic E-state index is 11.4. The van der Waals surface area contributed by atoms with E-state index in [1.54, 1.807) is 6.92 Å². The molecule has 1 saturated heterocycles. The third kappa shape index (κ3) is 3.99. The van der Waals surface area contributed by atoms with Gasteiger partial charge in [0.2, 0.25) is 5.91 Å². The lowest BCUT2D eigenvalue weighted by Crippen LogP contribution is -2.44. The molecular formula is C11H17N3O2. The summed E-state index contributed by atoms with van der Waals surface area (Å²) >= 11 is 0. The van der Waals surface area contributed by atoms with Crippen molar-refractivity contribution in [3.8, 4) is 6.07 Å². The number of ketones is 1. The number of amides is 1. The lowest BCUT2D eigenvalue weighted by molar-refractivity contribution is -0.126. The molecule has 1 aliphatic heterocycles. The van der Waals surface area contributed by atoms with Crippen LogP contribution >= 0.6 is 0 Å². The van der Waals surface area contributed by atoms with Gasteiger partial charge in [-0.3, -0.25) is 14.5 Å². The van der Waals surface area contributed by atoms with Gasteiger partial charge in [-0.1, -0.05) is 0 Å². The Morgan fingerprint density at radius 2 is 2.31 bits per heavy atom. The molecule has 0 bridgehead atoms. The molecule has 0 spiro atoms. The molecule has 1 heterocycles. The van der Waals surface area contributed by atoms with Crippen LogP contribution in [0.5, 0.6) is 0 Å². The summed E-state index contributed by atoms with van der Waals surface area (Å²) in [6.45, 7) is 3.44. The van der Waals surface area contributed by atoms with Gasteiger partial charge in [0.05, 0.1) is 12.6 Å². The first-order valence-electron chi connectivity index (χ1n) is 5.50. The summed E-state index contributed by atoms with van der Waals surface area (Å²) < 4.78 is 0. The first-order valence-corrected chi connectivity index (χ1v) is 5.50. The van der Waals surface area contributed by atoms with Gasteiger partial charge in [-0.05, 0) is 26.3 Å². The van der Waals surface area contributed by atoms with Crippen molar-refractivity contribution in [3.63, 3.8) is 0 Å². The molecule has 1 atom stereocenters. The SMILES string of the molecule is CC(=O)C1CCCN(CC(=O)NCC#N)C1. The number of hydrogen-bond acceptors (Lipinski definition) is 4. The molecule has 88 valence electrons. The summed E-state index contributed by atoms with van der Waals surface area (Å²) in [6, 6.07) is 1.86. The van der Waals surface area contributed by atoms with E-state index in [-0.39, 0.29) is 30.7 Å². The average molecular weight is 223 g/mol. The molecule has 0 radical (unpaired) electrons. The minimum absolute atomic E-state index is 0.0445. The van der Waals surface area contributed by atoms with Gasteiger partial charge in [-0.25, -0.2) is 0 Å². The Hall–Kier alpha value is -1.41. The van der Waals surface area contributed by atoms with Gasteiger partial charge < -0.3 is 5.32 Å². The van der Waals surface area contributed by atoms with Crippen LogP contribution in [0.15, 0.2) is 0 Å². The molecule has 0 aliphatic carbocycles. The zero-order chi connectivity index (χ0) is 12.0. The summed E-state index contributed by atoms with van der Waals surface area (Å²) in [6.07, 6.45) is 1.88. The highest BCUT2D eigenvalue weighted by molar-refractivity contribution is 5.79. The third-order valence-corrected chi connectivity index (χ3v) is 2.81. The lowest BCUT2D eigenvalue weighted by atomic mass is 9.95. The molecule has 0 saturated carbocycles. The smallest absolute Gasteiger partial charge is 0.235 e. The van der Waals surface area contributed by atoms with Crippen LogP contribution < -0.4 is 5.32 Å². The average Bonchev–Trinajstić information content (AvgIpc) is 2.26. The highest BCUT2D eigenvalue weighted by Crippen LogP contribution is 2.16. The monoisotopic (exact) mass is 223 g/mol. The maximum Gasteiger partial charge on any atom is 0.235 e. The van der Waals surface area contributed by atoms with E-state index in [2.05, 4.69) is 5.32 Å². The fraction of sp³-hybridized carbons (Fsp3) is 0.727. The first-order chi connectivity index (χ1) is 7.63. The van der Waals surface area contributed by atoms with Crippen molar-refractivity contribution in [3.05, 3.63) is 0 Å². The first kappa shape index (κ1) is 12.7. The van der Waals surface area contributed by atoms with Gasteiger partial charge in [0.15, 0.2) is 0 Å². The molecule has 1 rings (SSSR count). The molecular weight excluding hydrogens is 206 g/mol. The van der Waals surface area contributed by atoms with Crippen LogP contribution in [0, 0.1) is 17.2 Å². The number of likely N-dealkylation sites (tertiary alicyclic amines) is 1. The standard InChI is InChI=1S/C11H17N3O2/c1-9(15)10-3-2-6-14(7-10)8-11(16)13-5-4-12/h10H,2-3,5-8H2,1H3,(H,13,16). The van der Waals surface area contributed by atoms with Crippen molar-refractivity contribution in [1.29, 1.82) is 5.26 Å². The number of piperidine rings is 1.